The van der Waals surface area contributed by atoms with Crippen LogP contribution in [0.2, 0.25) is 0 Å². The summed E-state index contributed by atoms with van der Waals surface area (Å²) < 4.78 is 40.2. The molecule has 20 heavy (non-hydrogen) atoms. The predicted molar refractivity (Wildman–Crippen MR) is 70.1 cm³/mol. The van der Waals surface area contributed by atoms with Crippen LogP contribution in [0.1, 0.15) is 10.4 Å². The SMILES string of the molecule is O=C(Nc1cccc(Br)c1)c1cc(F)c(F)c(O)c1F. The highest BCUT2D eigenvalue weighted by Gasteiger charge is 2.22. The topological polar surface area (TPSA) is 49.3 Å². The molecule has 0 aliphatic heterocycles. The van der Waals surface area contributed by atoms with Crippen molar-refractivity contribution in [2.75, 3.05) is 5.32 Å². The number of amides is 1. The van der Waals surface area contributed by atoms with E-state index in [2.05, 4.69) is 21.2 Å². The zero-order valence-corrected chi connectivity index (χ0v) is 11.3. The Bertz CT molecular complexity index is 692. The maximum Gasteiger partial charge on any atom is 0.258 e. The number of hydrogen-bond acceptors (Lipinski definition) is 2. The number of phenolic OH excluding ortho intramolecular Hbond substituents is 1. The largest absolute Gasteiger partial charge is 0.503 e. The molecule has 0 unspecified atom stereocenters. The summed E-state index contributed by atoms with van der Waals surface area (Å²) in [6.45, 7) is 0. The summed E-state index contributed by atoms with van der Waals surface area (Å²) in [6, 6.07) is 6.78. The summed E-state index contributed by atoms with van der Waals surface area (Å²) in [5, 5.41) is 11.4. The second-order valence-electron chi connectivity index (χ2n) is 3.85. The number of benzene rings is 2. The molecule has 1 amide bonds. The van der Waals surface area contributed by atoms with Crippen molar-refractivity contribution in [2.45, 2.75) is 0 Å². The molecule has 2 aromatic carbocycles. The minimum atomic E-state index is -1.73. The van der Waals surface area contributed by atoms with Gasteiger partial charge >= 0.3 is 0 Å². The van der Waals surface area contributed by atoms with Crippen LogP contribution >= 0.6 is 15.9 Å². The molecule has 0 heterocycles. The molecule has 0 bridgehead atoms. The van der Waals surface area contributed by atoms with Crippen molar-refractivity contribution >= 4 is 27.5 Å². The van der Waals surface area contributed by atoms with Gasteiger partial charge in [-0.2, -0.15) is 4.39 Å². The van der Waals surface area contributed by atoms with E-state index >= 15 is 0 Å². The lowest BCUT2D eigenvalue weighted by Crippen LogP contribution is -2.15. The Labute approximate surface area is 120 Å². The summed E-state index contributed by atoms with van der Waals surface area (Å²) >= 11 is 3.18. The van der Waals surface area contributed by atoms with Crippen LogP contribution in [0.4, 0.5) is 18.9 Å². The fraction of sp³-hybridized carbons (Fsp3) is 0. The van der Waals surface area contributed by atoms with Gasteiger partial charge in [-0.3, -0.25) is 4.79 Å². The normalized spacial score (nSPS) is 10.4. The van der Waals surface area contributed by atoms with Crippen molar-refractivity contribution in [1.29, 1.82) is 0 Å². The molecule has 0 saturated carbocycles. The molecule has 0 aliphatic rings. The van der Waals surface area contributed by atoms with E-state index in [4.69, 9.17) is 5.11 Å². The zero-order chi connectivity index (χ0) is 14.9. The quantitative estimate of drug-likeness (QED) is 0.813. The number of phenols is 1. The smallest absolute Gasteiger partial charge is 0.258 e. The molecule has 0 radical (unpaired) electrons. The van der Waals surface area contributed by atoms with E-state index < -0.39 is 34.7 Å². The number of carbonyl (C=O) groups is 1. The van der Waals surface area contributed by atoms with Gasteiger partial charge in [-0.25, -0.2) is 8.78 Å². The molecule has 104 valence electrons. The predicted octanol–water partition coefficient (Wildman–Crippen LogP) is 3.82. The first-order chi connectivity index (χ1) is 9.40. The highest BCUT2D eigenvalue weighted by Crippen LogP contribution is 2.26. The third kappa shape index (κ3) is 2.77. The first-order valence-corrected chi connectivity index (χ1v) is 6.13. The van der Waals surface area contributed by atoms with Gasteiger partial charge in [0.05, 0.1) is 5.56 Å². The second-order valence-corrected chi connectivity index (χ2v) is 4.76. The molecule has 0 aromatic heterocycles. The second kappa shape index (κ2) is 5.54. The number of hydrogen-bond donors (Lipinski definition) is 2. The number of nitrogens with one attached hydrogen (secondary N) is 1. The van der Waals surface area contributed by atoms with Gasteiger partial charge in [-0.05, 0) is 24.3 Å². The number of aromatic hydroxyl groups is 1. The highest BCUT2D eigenvalue weighted by atomic mass is 79.9. The maximum absolute atomic E-state index is 13.5. The molecule has 7 heteroatoms. The minimum Gasteiger partial charge on any atom is -0.503 e. The van der Waals surface area contributed by atoms with Crippen LogP contribution < -0.4 is 5.32 Å². The summed E-state index contributed by atoms with van der Waals surface area (Å²) in [4.78, 5) is 11.8. The molecule has 0 spiro atoms. The van der Waals surface area contributed by atoms with Gasteiger partial charge in [0.25, 0.3) is 5.91 Å². The van der Waals surface area contributed by atoms with Crippen molar-refractivity contribution in [1.82, 2.24) is 0 Å². The van der Waals surface area contributed by atoms with E-state index in [-0.39, 0.29) is 0 Å². The molecular weight excluding hydrogens is 339 g/mol. The lowest BCUT2D eigenvalue weighted by molar-refractivity contribution is 0.102. The van der Waals surface area contributed by atoms with Crippen LogP contribution in [0.3, 0.4) is 0 Å². The molecule has 3 nitrogen and oxygen atoms in total. The van der Waals surface area contributed by atoms with E-state index in [9.17, 15) is 18.0 Å². The minimum absolute atomic E-state index is 0.327. The Morgan fingerprint density at radius 3 is 2.50 bits per heavy atom. The van der Waals surface area contributed by atoms with Crippen LogP contribution in [0, 0.1) is 17.5 Å². The molecule has 2 rings (SSSR count). The zero-order valence-electron chi connectivity index (χ0n) is 9.75. The van der Waals surface area contributed by atoms with Crippen LogP contribution in [-0.4, -0.2) is 11.0 Å². The number of rotatable bonds is 2. The molecule has 0 saturated heterocycles. The Kier molecular flexibility index (Phi) is 3.99. The average molecular weight is 346 g/mol. The van der Waals surface area contributed by atoms with E-state index in [1.807, 2.05) is 0 Å². The van der Waals surface area contributed by atoms with Crippen LogP contribution in [0.25, 0.3) is 0 Å². The molecule has 2 N–H and O–H groups in total. The van der Waals surface area contributed by atoms with Crippen LogP contribution in [0.5, 0.6) is 5.75 Å². The standard InChI is InChI=1S/C13H7BrF3NO2/c14-6-2-1-3-7(4-6)18-13(20)8-5-9(15)11(17)12(19)10(8)16/h1-5,19H,(H,18,20). The Balaban J connectivity index is 2.35. The van der Waals surface area contributed by atoms with Crippen LogP contribution in [0.15, 0.2) is 34.8 Å². The summed E-state index contributed by atoms with van der Waals surface area (Å²) in [5.74, 6) is -7.29. The van der Waals surface area contributed by atoms with Gasteiger partial charge in [0.2, 0.25) is 5.82 Å². The van der Waals surface area contributed by atoms with Crippen molar-refractivity contribution < 1.29 is 23.1 Å². The fourth-order valence-electron chi connectivity index (χ4n) is 1.52. The van der Waals surface area contributed by atoms with Crippen molar-refractivity contribution in [3.63, 3.8) is 0 Å². The van der Waals surface area contributed by atoms with E-state index in [1.54, 1.807) is 12.1 Å². The summed E-state index contributed by atoms with van der Waals surface area (Å²) in [7, 11) is 0. The van der Waals surface area contributed by atoms with E-state index in [0.717, 1.165) is 0 Å². The molecular formula is C13H7BrF3NO2. The summed E-state index contributed by atoms with van der Waals surface area (Å²) in [5.41, 5.74) is -0.464. The molecule has 0 atom stereocenters. The van der Waals surface area contributed by atoms with E-state index in [1.165, 1.54) is 12.1 Å². The van der Waals surface area contributed by atoms with Gasteiger partial charge < -0.3 is 10.4 Å². The highest BCUT2D eigenvalue weighted by molar-refractivity contribution is 9.10. The third-order valence-electron chi connectivity index (χ3n) is 2.46. The van der Waals surface area contributed by atoms with Gasteiger partial charge in [-0.15, -0.1) is 0 Å². The van der Waals surface area contributed by atoms with Crippen molar-refractivity contribution in [3.05, 3.63) is 57.8 Å². The third-order valence-corrected chi connectivity index (χ3v) is 2.95. The first-order valence-electron chi connectivity index (χ1n) is 5.33. The van der Waals surface area contributed by atoms with Gasteiger partial charge in [0, 0.05) is 10.2 Å². The van der Waals surface area contributed by atoms with Gasteiger partial charge in [-0.1, -0.05) is 22.0 Å². The number of carbonyl (C=O) groups excluding carboxylic acids is 1. The Morgan fingerprint density at radius 2 is 1.85 bits per heavy atom. The molecule has 0 aliphatic carbocycles. The van der Waals surface area contributed by atoms with Crippen LogP contribution in [-0.2, 0) is 0 Å². The van der Waals surface area contributed by atoms with Crippen molar-refractivity contribution in [3.8, 4) is 5.75 Å². The number of anilines is 1. The lowest BCUT2D eigenvalue weighted by Gasteiger charge is -2.08. The molecule has 0 fully saturated rings. The fourth-order valence-corrected chi connectivity index (χ4v) is 1.92. The average Bonchev–Trinajstić information content (AvgIpc) is 2.40. The van der Waals surface area contributed by atoms with Gasteiger partial charge in [0.1, 0.15) is 0 Å². The summed E-state index contributed by atoms with van der Waals surface area (Å²) in [6.07, 6.45) is 0. The van der Waals surface area contributed by atoms with Gasteiger partial charge in [0.15, 0.2) is 17.4 Å². The molecule has 2 aromatic rings. The first kappa shape index (κ1) is 14.4. The van der Waals surface area contributed by atoms with E-state index in [0.29, 0.717) is 16.2 Å². The van der Waals surface area contributed by atoms with Crippen molar-refractivity contribution in [2.24, 2.45) is 0 Å². The maximum atomic E-state index is 13.5. The Hall–Kier alpha value is -2.02. The lowest BCUT2D eigenvalue weighted by atomic mass is 10.1. The monoisotopic (exact) mass is 345 g/mol. The Morgan fingerprint density at radius 1 is 1.15 bits per heavy atom. The number of halogens is 4.